The molecule has 2 aromatic rings. The van der Waals surface area contributed by atoms with Crippen molar-refractivity contribution in [1.82, 2.24) is 9.78 Å². The van der Waals surface area contributed by atoms with Crippen LogP contribution in [0.1, 0.15) is 51.9 Å². The zero-order valence-corrected chi connectivity index (χ0v) is 13.0. The largest absolute Gasteiger partial charge is 0.478 e. The average molecular weight is 301 g/mol. The van der Waals surface area contributed by atoms with Gasteiger partial charge in [-0.3, -0.25) is 9.48 Å². The van der Waals surface area contributed by atoms with Crippen molar-refractivity contribution in [3.05, 3.63) is 46.8 Å². The van der Waals surface area contributed by atoms with Gasteiger partial charge in [0.05, 0.1) is 5.56 Å². The van der Waals surface area contributed by atoms with Crippen LogP contribution < -0.4 is 5.32 Å². The molecule has 6 nitrogen and oxygen atoms in total. The van der Waals surface area contributed by atoms with E-state index in [9.17, 15) is 9.59 Å². The molecule has 1 aromatic carbocycles. The predicted octanol–water partition coefficient (Wildman–Crippen LogP) is 2.80. The van der Waals surface area contributed by atoms with Crippen molar-refractivity contribution < 1.29 is 14.7 Å². The van der Waals surface area contributed by atoms with Gasteiger partial charge >= 0.3 is 5.97 Å². The van der Waals surface area contributed by atoms with E-state index in [0.717, 1.165) is 11.3 Å². The molecule has 2 rings (SSSR count). The van der Waals surface area contributed by atoms with E-state index in [-0.39, 0.29) is 17.4 Å². The summed E-state index contributed by atoms with van der Waals surface area (Å²) >= 11 is 0. The normalized spacial score (nSPS) is 10.8. The van der Waals surface area contributed by atoms with Gasteiger partial charge in [-0.2, -0.15) is 5.10 Å². The van der Waals surface area contributed by atoms with Crippen LogP contribution in [0.25, 0.3) is 0 Å². The molecule has 6 heteroatoms. The molecule has 0 aliphatic rings. The second-order valence-electron chi connectivity index (χ2n) is 5.52. The number of carbonyl (C=O) groups excluding carboxylic acids is 1. The number of carbonyl (C=O) groups is 2. The Kier molecular flexibility index (Phi) is 4.30. The highest BCUT2D eigenvalue weighted by Crippen LogP contribution is 2.19. The van der Waals surface area contributed by atoms with E-state index < -0.39 is 5.97 Å². The van der Waals surface area contributed by atoms with Gasteiger partial charge in [0.25, 0.3) is 5.91 Å². The minimum absolute atomic E-state index is 0.129. The first-order chi connectivity index (χ1) is 10.3. The lowest BCUT2D eigenvalue weighted by Gasteiger charge is -2.08. The average Bonchev–Trinajstić information content (AvgIpc) is 2.83. The lowest BCUT2D eigenvalue weighted by molar-refractivity contribution is 0.0696. The third kappa shape index (κ3) is 3.16. The second-order valence-corrected chi connectivity index (χ2v) is 5.52. The molecule has 1 heterocycles. The van der Waals surface area contributed by atoms with Gasteiger partial charge in [-0.25, -0.2) is 4.79 Å². The molecule has 0 radical (unpaired) electrons. The number of aryl methyl sites for hydroxylation is 2. The highest BCUT2D eigenvalue weighted by atomic mass is 16.4. The number of carboxylic acids is 1. The van der Waals surface area contributed by atoms with Gasteiger partial charge in [-0.05, 0) is 36.6 Å². The second kappa shape index (κ2) is 6.01. The zero-order chi connectivity index (χ0) is 16.4. The number of amides is 1. The van der Waals surface area contributed by atoms with E-state index in [1.54, 1.807) is 30.8 Å². The summed E-state index contributed by atoms with van der Waals surface area (Å²) in [6, 6.07) is 6.36. The number of aromatic nitrogens is 2. The minimum Gasteiger partial charge on any atom is -0.478 e. The van der Waals surface area contributed by atoms with Crippen LogP contribution in [-0.2, 0) is 7.05 Å². The molecule has 1 amide bonds. The third-order valence-corrected chi connectivity index (χ3v) is 3.47. The predicted molar refractivity (Wildman–Crippen MR) is 83.4 cm³/mol. The summed E-state index contributed by atoms with van der Waals surface area (Å²) in [5.41, 5.74) is 2.66. The van der Waals surface area contributed by atoms with Gasteiger partial charge in [-0.1, -0.05) is 19.9 Å². The number of anilines is 1. The molecular formula is C16H19N3O3. The number of rotatable bonds is 4. The maximum atomic E-state index is 12.3. The molecule has 0 spiro atoms. The summed E-state index contributed by atoms with van der Waals surface area (Å²) in [4.78, 5) is 23.3. The Labute approximate surface area is 128 Å². The maximum absolute atomic E-state index is 12.3. The van der Waals surface area contributed by atoms with E-state index in [0.29, 0.717) is 11.4 Å². The molecule has 2 N–H and O–H groups in total. The SMILES string of the molecule is Cc1ccc(C(=O)O)cc1NC(=O)c1cc(C(C)C)n(C)n1. The maximum Gasteiger partial charge on any atom is 0.335 e. The van der Waals surface area contributed by atoms with E-state index in [1.165, 1.54) is 12.1 Å². The van der Waals surface area contributed by atoms with Gasteiger partial charge < -0.3 is 10.4 Å². The summed E-state index contributed by atoms with van der Waals surface area (Å²) in [7, 11) is 1.79. The molecule has 1 aromatic heterocycles. The Hall–Kier alpha value is -2.63. The molecule has 22 heavy (non-hydrogen) atoms. The molecule has 0 aliphatic heterocycles. The Balaban J connectivity index is 2.27. The molecule has 0 aliphatic carbocycles. The minimum atomic E-state index is -1.03. The van der Waals surface area contributed by atoms with E-state index in [4.69, 9.17) is 5.11 Å². The lowest BCUT2D eigenvalue weighted by atomic mass is 10.1. The summed E-state index contributed by atoms with van der Waals surface area (Å²) in [6.45, 7) is 5.86. The quantitative estimate of drug-likeness (QED) is 0.909. The van der Waals surface area contributed by atoms with E-state index in [1.807, 2.05) is 13.8 Å². The van der Waals surface area contributed by atoms with Crippen LogP contribution in [0.5, 0.6) is 0 Å². The molecular weight excluding hydrogens is 282 g/mol. The van der Waals surface area contributed by atoms with Gasteiger partial charge in [0.1, 0.15) is 0 Å². The van der Waals surface area contributed by atoms with E-state index >= 15 is 0 Å². The zero-order valence-electron chi connectivity index (χ0n) is 13.0. The van der Waals surface area contributed by atoms with Crippen LogP contribution in [-0.4, -0.2) is 26.8 Å². The standard InChI is InChI=1S/C16H19N3O3/c1-9(2)14-8-13(18-19(14)4)15(20)17-12-7-11(16(21)22)6-5-10(12)3/h5-9H,1-4H3,(H,17,20)(H,21,22). The number of nitrogens with one attached hydrogen (secondary N) is 1. The number of nitrogens with zero attached hydrogens (tertiary/aromatic N) is 2. The summed E-state index contributed by atoms with van der Waals surface area (Å²) in [5.74, 6) is -1.13. The van der Waals surface area contributed by atoms with Crippen molar-refractivity contribution >= 4 is 17.6 Å². The Morgan fingerprint density at radius 1 is 1.27 bits per heavy atom. The number of aromatic carboxylic acids is 1. The summed E-state index contributed by atoms with van der Waals surface area (Å²) in [5, 5.41) is 16.0. The number of hydrogen-bond donors (Lipinski definition) is 2. The van der Waals surface area contributed by atoms with Crippen molar-refractivity contribution in [2.24, 2.45) is 7.05 Å². The summed E-state index contributed by atoms with van der Waals surface area (Å²) < 4.78 is 1.68. The van der Waals surface area contributed by atoms with Crippen LogP contribution in [0.4, 0.5) is 5.69 Å². The smallest absolute Gasteiger partial charge is 0.335 e. The molecule has 0 bridgehead atoms. The van der Waals surface area contributed by atoms with Crippen molar-refractivity contribution in [2.75, 3.05) is 5.32 Å². The molecule has 0 fully saturated rings. The molecule has 0 saturated carbocycles. The Bertz CT molecular complexity index is 732. The molecule has 116 valence electrons. The van der Waals surface area contributed by atoms with Gasteiger partial charge in [0.15, 0.2) is 5.69 Å². The van der Waals surface area contributed by atoms with Crippen LogP contribution in [0, 0.1) is 6.92 Å². The molecule has 0 unspecified atom stereocenters. The fourth-order valence-electron chi connectivity index (χ4n) is 2.21. The van der Waals surface area contributed by atoms with Crippen LogP contribution in [0.3, 0.4) is 0 Å². The van der Waals surface area contributed by atoms with Crippen molar-refractivity contribution in [3.63, 3.8) is 0 Å². The Morgan fingerprint density at radius 2 is 1.95 bits per heavy atom. The first kappa shape index (κ1) is 15.8. The van der Waals surface area contributed by atoms with Crippen molar-refractivity contribution in [1.29, 1.82) is 0 Å². The number of benzene rings is 1. The van der Waals surface area contributed by atoms with Crippen molar-refractivity contribution in [3.8, 4) is 0 Å². The van der Waals surface area contributed by atoms with Gasteiger partial charge in [0.2, 0.25) is 0 Å². The summed E-state index contributed by atoms with van der Waals surface area (Å²) in [6.07, 6.45) is 0. The van der Waals surface area contributed by atoms with Crippen LogP contribution in [0.15, 0.2) is 24.3 Å². The fraction of sp³-hybridized carbons (Fsp3) is 0.312. The Morgan fingerprint density at radius 3 is 2.50 bits per heavy atom. The molecule has 0 saturated heterocycles. The first-order valence-corrected chi connectivity index (χ1v) is 6.99. The first-order valence-electron chi connectivity index (χ1n) is 6.99. The fourth-order valence-corrected chi connectivity index (χ4v) is 2.21. The van der Waals surface area contributed by atoms with Gasteiger partial charge in [-0.15, -0.1) is 0 Å². The van der Waals surface area contributed by atoms with Crippen LogP contribution in [0.2, 0.25) is 0 Å². The van der Waals surface area contributed by atoms with Crippen molar-refractivity contribution in [2.45, 2.75) is 26.7 Å². The van der Waals surface area contributed by atoms with Crippen LogP contribution >= 0.6 is 0 Å². The third-order valence-electron chi connectivity index (χ3n) is 3.47. The molecule has 0 atom stereocenters. The lowest BCUT2D eigenvalue weighted by Crippen LogP contribution is -2.14. The number of hydrogen-bond acceptors (Lipinski definition) is 3. The highest BCUT2D eigenvalue weighted by molar-refractivity contribution is 6.04. The topological polar surface area (TPSA) is 84.2 Å². The number of carboxylic acid groups (broad SMARTS) is 1. The van der Waals surface area contributed by atoms with E-state index in [2.05, 4.69) is 10.4 Å². The van der Waals surface area contributed by atoms with Gasteiger partial charge in [0, 0.05) is 18.4 Å². The monoisotopic (exact) mass is 301 g/mol. The highest BCUT2D eigenvalue weighted by Gasteiger charge is 2.16.